The fraction of sp³-hybridized carbons (Fsp3) is 0.0870. The Morgan fingerprint density at radius 3 is 2.36 bits per heavy atom. The molecule has 1 amide bonds. The lowest BCUT2D eigenvalue weighted by Crippen LogP contribution is -2.55. The number of anilines is 1. The fourth-order valence-electron chi connectivity index (χ4n) is 3.55. The van der Waals surface area contributed by atoms with Crippen molar-refractivity contribution < 1.29 is 27.2 Å². The molecule has 10 heteroatoms. The van der Waals surface area contributed by atoms with E-state index in [1.54, 1.807) is 18.2 Å². The summed E-state index contributed by atoms with van der Waals surface area (Å²) >= 11 is 3.11. The highest BCUT2D eigenvalue weighted by Crippen LogP contribution is 2.31. The topological polar surface area (TPSA) is 101 Å². The van der Waals surface area contributed by atoms with E-state index in [0.29, 0.717) is 8.78 Å². The molecule has 0 fully saturated rings. The summed E-state index contributed by atoms with van der Waals surface area (Å²) in [6.07, 6.45) is 0. The summed E-state index contributed by atoms with van der Waals surface area (Å²) in [5.41, 5.74) is -0.174. The van der Waals surface area contributed by atoms with Crippen LogP contribution in [-0.2, 0) is 14.8 Å². The van der Waals surface area contributed by atoms with Crippen molar-refractivity contribution >= 4 is 49.1 Å². The number of nitrogens with zero attached hydrogens (tertiary/aromatic N) is 1. The molecule has 0 aromatic heterocycles. The molecule has 3 aromatic rings. The Kier molecular flexibility index (Phi) is 6.24. The van der Waals surface area contributed by atoms with Gasteiger partial charge in [-0.3, -0.25) is 14.4 Å². The zero-order valence-corrected chi connectivity index (χ0v) is 19.3. The van der Waals surface area contributed by atoms with Crippen LogP contribution in [0.15, 0.2) is 82.2 Å². The largest absolute Gasteiger partial charge is 0.322 e. The SMILES string of the molecule is O=C(CN1C(C(=O)c2ccccc2)C(=O)c2ccccc2S1(=O)=O)Nc1ccc(Br)cc1F. The average molecular weight is 531 g/mol. The Hall–Kier alpha value is -3.21. The zero-order valence-electron chi connectivity index (χ0n) is 16.9. The number of carbonyl (C=O) groups is 3. The van der Waals surface area contributed by atoms with Gasteiger partial charge in [-0.25, -0.2) is 12.8 Å². The third-order valence-corrected chi connectivity index (χ3v) is 7.45. The number of nitrogens with one attached hydrogen (secondary N) is 1. The monoisotopic (exact) mass is 530 g/mol. The molecule has 4 rings (SSSR count). The van der Waals surface area contributed by atoms with Crippen molar-refractivity contribution in [2.75, 3.05) is 11.9 Å². The summed E-state index contributed by atoms with van der Waals surface area (Å²) < 4.78 is 41.9. The average Bonchev–Trinajstić information content (AvgIpc) is 2.80. The summed E-state index contributed by atoms with van der Waals surface area (Å²) in [6, 6.07) is 15.4. The van der Waals surface area contributed by atoms with Crippen molar-refractivity contribution in [2.45, 2.75) is 10.9 Å². The normalized spacial score (nSPS) is 17.3. The van der Waals surface area contributed by atoms with Crippen LogP contribution >= 0.6 is 15.9 Å². The van der Waals surface area contributed by atoms with Gasteiger partial charge in [-0.05, 0) is 30.3 Å². The number of benzene rings is 3. The van der Waals surface area contributed by atoms with Gasteiger partial charge in [0.25, 0.3) is 0 Å². The molecule has 0 saturated carbocycles. The van der Waals surface area contributed by atoms with Crippen molar-refractivity contribution in [1.29, 1.82) is 0 Å². The molecule has 0 radical (unpaired) electrons. The molecule has 1 aliphatic rings. The molecule has 0 bridgehead atoms. The Morgan fingerprint density at radius 1 is 1.00 bits per heavy atom. The molecule has 0 spiro atoms. The fourth-order valence-corrected chi connectivity index (χ4v) is 5.59. The van der Waals surface area contributed by atoms with Crippen molar-refractivity contribution in [3.8, 4) is 0 Å². The van der Waals surface area contributed by atoms with E-state index in [-0.39, 0.29) is 21.7 Å². The number of hydrogen-bond acceptors (Lipinski definition) is 5. The van der Waals surface area contributed by atoms with Gasteiger partial charge in [0.1, 0.15) is 5.82 Å². The molecule has 1 atom stereocenters. The van der Waals surface area contributed by atoms with Gasteiger partial charge < -0.3 is 5.32 Å². The summed E-state index contributed by atoms with van der Waals surface area (Å²) in [5, 5.41) is 2.30. The van der Waals surface area contributed by atoms with Crippen molar-refractivity contribution in [2.24, 2.45) is 0 Å². The van der Waals surface area contributed by atoms with Crippen LogP contribution in [0.1, 0.15) is 20.7 Å². The van der Waals surface area contributed by atoms with Crippen molar-refractivity contribution in [3.05, 3.63) is 94.2 Å². The minimum absolute atomic E-state index is 0.120. The minimum Gasteiger partial charge on any atom is -0.322 e. The van der Waals surface area contributed by atoms with E-state index in [1.165, 1.54) is 48.5 Å². The van der Waals surface area contributed by atoms with Crippen LogP contribution in [0.3, 0.4) is 0 Å². The van der Waals surface area contributed by atoms with Gasteiger partial charge in [0, 0.05) is 15.6 Å². The quantitative estimate of drug-likeness (QED) is 0.400. The van der Waals surface area contributed by atoms with Crippen LogP contribution in [0, 0.1) is 5.82 Å². The molecule has 33 heavy (non-hydrogen) atoms. The molecule has 0 aliphatic carbocycles. The second kappa shape index (κ2) is 8.97. The number of fused-ring (bicyclic) bond motifs is 1. The second-order valence-electron chi connectivity index (χ2n) is 7.22. The third-order valence-electron chi connectivity index (χ3n) is 5.09. The molecule has 0 saturated heterocycles. The lowest BCUT2D eigenvalue weighted by molar-refractivity contribution is -0.116. The number of amides is 1. The van der Waals surface area contributed by atoms with Gasteiger partial charge in [0.2, 0.25) is 15.9 Å². The number of hydrogen-bond donors (Lipinski definition) is 1. The molecular formula is C23H16BrFN2O5S. The highest BCUT2D eigenvalue weighted by Gasteiger charge is 2.48. The number of halogens is 2. The van der Waals surface area contributed by atoms with Gasteiger partial charge in [-0.2, -0.15) is 4.31 Å². The maximum absolute atomic E-state index is 14.1. The molecule has 1 N–H and O–H groups in total. The second-order valence-corrected chi connectivity index (χ2v) is 9.99. The van der Waals surface area contributed by atoms with Crippen LogP contribution in [0.2, 0.25) is 0 Å². The summed E-state index contributed by atoms with van der Waals surface area (Å²) in [7, 11) is -4.39. The van der Waals surface area contributed by atoms with E-state index in [0.717, 1.165) is 6.07 Å². The number of rotatable bonds is 5. The van der Waals surface area contributed by atoms with Gasteiger partial charge in [-0.15, -0.1) is 0 Å². The lowest BCUT2D eigenvalue weighted by Gasteiger charge is -2.33. The Labute approximate surface area is 197 Å². The third kappa shape index (κ3) is 4.37. The number of sulfonamides is 1. The van der Waals surface area contributed by atoms with Gasteiger partial charge >= 0.3 is 0 Å². The van der Waals surface area contributed by atoms with E-state index in [9.17, 15) is 27.2 Å². The first-order chi connectivity index (χ1) is 15.7. The van der Waals surface area contributed by atoms with E-state index < -0.39 is 45.9 Å². The number of ketones is 2. The predicted molar refractivity (Wildman–Crippen MR) is 122 cm³/mol. The van der Waals surface area contributed by atoms with E-state index >= 15 is 0 Å². The molecule has 7 nitrogen and oxygen atoms in total. The first-order valence-corrected chi connectivity index (χ1v) is 11.9. The van der Waals surface area contributed by atoms with Crippen LogP contribution in [0.5, 0.6) is 0 Å². The van der Waals surface area contributed by atoms with Crippen molar-refractivity contribution in [1.82, 2.24) is 4.31 Å². The summed E-state index contributed by atoms with van der Waals surface area (Å²) in [6.45, 7) is -0.860. The maximum atomic E-state index is 14.1. The molecule has 168 valence electrons. The smallest absolute Gasteiger partial charge is 0.245 e. The minimum atomic E-state index is -4.39. The van der Waals surface area contributed by atoms with E-state index in [1.807, 2.05) is 0 Å². The Balaban J connectivity index is 1.74. The first kappa shape index (κ1) is 23.0. The van der Waals surface area contributed by atoms with Crippen LogP contribution < -0.4 is 5.32 Å². The maximum Gasteiger partial charge on any atom is 0.245 e. The standard InChI is InChI=1S/C23H16BrFN2O5S/c24-15-10-11-18(17(25)12-15)26-20(28)13-27-21(22(29)14-6-2-1-3-7-14)23(30)16-8-4-5-9-19(16)33(27,31)32/h1-12,21H,13H2,(H,26,28). The highest BCUT2D eigenvalue weighted by atomic mass is 79.9. The molecule has 1 aliphatic heterocycles. The highest BCUT2D eigenvalue weighted by molar-refractivity contribution is 9.10. The van der Waals surface area contributed by atoms with E-state index in [2.05, 4.69) is 21.2 Å². The first-order valence-electron chi connectivity index (χ1n) is 9.69. The van der Waals surface area contributed by atoms with Crippen molar-refractivity contribution in [3.63, 3.8) is 0 Å². The summed E-state index contributed by atoms with van der Waals surface area (Å²) in [5.74, 6) is -3.14. The van der Waals surface area contributed by atoms with E-state index in [4.69, 9.17) is 0 Å². The summed E-state index contributed by atoms with van der Waals surface area (Å²) in [4.78, 5) is 38.9. The van der Waals surface area contributed by atoms with Crippen LogP contribution in [0.25, 0.3) is 0 Å². The molecule has 1 heterocycles. The molecule has 3 aromatic carbocycles. The predicted octanol–water partition coefficient (Wildman–Crippen LogP) is 3.67. The van der Waals surface area contributed by atoms with Gasteiger partial charge in [0.05, 0.1) is 17.1 Å². The van der Waals surface area contributed by atoms with Crippen LogP contribution in [0.4, 0.5) is 10.1 Å². The van der Waals surface area contributed by atoms with Gasteiger partial charge in [0.15, 0.2) is 17.6 Å². The lowest BCUT2D eigenvalue weighted by atomic mass is 9.96. The Bertz CT molecular complexity index is 1380. The zero-order chi connectivity index (χ0) is 23.8. The molecule has 1 unspecified atom stereocenters. The Morgan fingerprint density at radius 2 is 1.67 bits per heavy atom. The number of carbonyl (C=O) groups excluding carboxylic acids is 3. The molecular weight excluding hydrogens is 515 g/mol. The van der Waals surface area contributed by atoms with Gasteiger partial charge in [-0.1, -0.05) is 58.4 Å². The van der Waals surface area contributed by atoms with Crippen LogP contribution in [-0.4, -0.2) is 42.8 Å². The number of Topliss-reactive ketones (excluding diaryl/α,β-unsaturated/α-hetero) is 2.